The maximum atomic E-state index is 5.70. The van der Waals surface area contributed by atoms with E-state index in [2.05, 4.69) is 31.0 Å². The highest BCUT2D eigenvalue weighted by Gasteiger charge is 2.15. The molecule has 0 saturated heterocycles. The van der Waals surface area contributed by atoms with Crippen LogP contribution in [-0.2, 0) is 0 Å². The standard InChI is InChI=1S/C19H27NO/c1-3-5-6-7-8-12-18(20-14-4-2)17-15-21-19-13-10-9-11-16(17)19/h3,9-11,13,15,18,20H,1,4-8,12,14H2,2H3. The van der Waals surface area contributed by atoms with E-state index in [1.807, 2.05) is 24.5 Å². The first-order valence-corrected chi connectivity index (χ1v) is 8.17. The topological polar surface area (TPSA) is 25.2 Å². The van der Waals surface area contributed by atoms with Crippen LogP contribution in [0.3, 0.4) is 0 Å². The van der Waals surface area contributed by atoms with Crippen LogP contribution in [0.4, 0.5) is 0 Å². The minimum atomic E-state index is 0.400. The van der Waals surface area contributed by atoms with Gasteiger partial charge in [0.25, 0.3) is 0 Å². The Bertz CT molecular complexity index is 543. The van der Waals surface area contributed by atoms with Gasteiger partial charge >= 0.3 is 0 Å². The highest BCUT2D eigenvalue weighted by Crippen LogP contribution is 2.29. The summed E-state index contributed by atoms with van der Waals surface area (Å²) < 4.78 is 5.70. The van der Waals surface area contributed by atoms with Crippen molar-refractivity contribution < 1.29 is 4.42 Å². The summed E-state index contributed by atoms with van der Waals surface area (Å²) >= 11 is 0. The predicted molar refractivity (Wildman–Crippen MR) is 90.5 cm³/mol. The van der Waals surface area contributed by atoms with Crippen LogP contribution in [-0.4, -0.2) is 6.54 Å². The van der Waals surface area contributed by atoms with Gasteiger partial charge in [0.15, 0.2) is 0 Å². The van der Waals surface area contributed by atoms with E-state index in [1.54, 1.807) is 0 Å². The van der Waals surface area contributed by atoms with Gasteiger partial charge in [0.1, 0.15) is 5.58 Å². The summed E-state index contributed by atoms with van der Waals surface area (Å²) in [6, 6.07) is 8.71. The number of nitrogens with one attached hydrogen (secondary N) is 1. The largest absolute Gasteiger partial charge is 0.464 e. The fourth-order valence-corrected chi connectivity index (χ4v) is 2.77. The van der Waals surface area contributed by atoms with Crippen molar-refractivity contribution in [1.82, 2.24) is 5.32 Å². The molecular formula is C19H27NO. The van der Waals surface area contributed by atoms with Gasteiger partial charge in [-0.1, -0.05) is 44.0 Å². The maximum Gasteiger partial charge on any atom is 0.134 e. The molecule has 0 aliphatic carbocycles. The molecule has 1 aromatic carbocycles. The van der Waals surface area contributed by atoms with Crippen LogP contribution in [0.2, 0.25) is 0 Å². The zero-order valence-electron chi connectivity index (χ0n) is 13.1. The third-order valence-corrected chi connectivity index (χ3v) is 3.93. The third kappa shape index (κ3) is 4.47. The number of fused-ring (bicyclic) bond motifs is 1. The van der Waals surface area contributed by atoms with Gasteiger partial charge in [-0.3, -0.25) is 0 Å². The molecule has 2 heteroatoms. The van der Waals surface area contributed by atoms with Gasteiger partial charge in [-0.25, -0.2) is 0 Å². The molecule has 0 radical (unpaired) electrons. The van der Waals surface area contributed by atoms with Crippen molar-refractivity contribution in [2.75, 3.05) is 6.54 Å². The normalized spacial score (nSPS) is 12.6. The van der Waals surface area contributed by atoms with Crippen molar-refractivity contribution >= 4 is 11.0 Å². The van der Waals surface area contributed by atoms with E-state index in [9.17, 15) is 0 Å². The summed E-state index contributed by atoms with van der Waals surface area (Å²) in [6.45, 7) is 7.05. The second-order valence-corrected chi connectivity index (χ2v) is 5.62. The Balaban J connectivity index is 2.02. The average Bonchev–Trinajstić information content (AvgIpc) is 2.94. The molecule has 0 fully saturated rings. The van der Waals surface area contributed by atoms with Crippen molar-refractivity contribution in [2.45, 2.75) is 51.5 Å². The van der Waals surface area contributed by atoms with Crippen molar-refractivity contribution in [3.8, 4) is 0 Å². The number of hydrogen-bond donors (Lipinski definition) is 1. The molecule has 2 aromatic rings. The summed E-state index contributed by atoms with van der Waals surface area (Å²) in [7, 11) is 0. The molecule has 1 aromatic heterocycles. The fraction of sp³-hybridized carbons (Fsp3) is 0.474. The first-order chi connectivity index (χ1) is 10.4. The Morgan fingerprint density at radius 3 is 2.90 bits per heavy atom. The van der Waals surface area contributed by atoms with Gasteiger partial charge in [0.2, 0.25) is 0 Å². The van der Waals surface area contributed by atoms with Crippen molar-refractivity contribution in [3.05, 3.63) is 48.7 Å². The number of unbranched alkanes of at least 4 members (excludes halogenated alkanes) is 3. The molecule has 114 valence electrons. The minimum absolute atomic E-state index is 0.400. The average molecular weight is 285 g/mol. The van der Waals surface area contributed by atoms with Crippen molar-refractivity contribution in [1.29, 1.82) is 0 Å². The van der Waals surface area contributed by atoms with Crippen molar-refractivity contribution in [3.63, 3.8) is 0 Å². The molecule has 0 aliphatic rings. The molecule has 1 N–H and O–H groups in total. The second kappa shape index (κ2) is 8.68. The Labute approximate surface area is 128 Å². The van der Waals surface area contributed by atoms with Crippen LogP contribution in [0, 0.1) is 0 Å². The molecule has 1 heterocycles. The molecule has 0 saturated carbocycles. The Hall–Kier alpha value is -1.54. The van der Waals surface area contributed by atoms with Gasteiger partial charge in [-0.2, -0.15) is 0 Å². The van der Waals surface area contributed by atoms with Gasteiger partial charge in [0, 0.05) is 17.0 Å². The molecule has 0 aliphatic heterocycles. The lowest BCUT2D eigenvalue weighted by Gasteiger charge is -2.17. The molecule has 0 amide bonds. The molecule has 2 rings (SSSR count). The van der Waals surface area contributed by atoms with Gasteiger partial charge in [-0.15, -0.1) is 6.58 Å². The Morgan fingerprint density at radius 1 is 1.24 bits per heavy atom. The van der Waals surface area contributed by atoms with Crippen LogP contribution in [0.15, 0.2) is 47.6 Å². The first-order valence-electron chi connectivity index (χ1n) is 8.17. The number of allylic oxidation sites excluding steroid dienone is 1. The van der Waals surface area contributed by atoms with E-state index in [4.69, 9.17) is 4.42 Å². The highest BCUT2D eigenvalue weighted by molar-refractivity contribution is 5.81. The second-order valence-electron chi connectivity index (χ2n) is 5.62. The van der Waals surface area contributed by atoms with E-state index in [0.717, 1.165) is 25.0 Å². The number of furan rings is 1. The number of para-hydroxylation sites is 1. The summed E-state index contributed by atoms with van der Waals surface area (Å²) in [5.41, 5.74) is 2.30. The predicted octanol–water partition coefficient (Wildman–Crippen LogP) is 5.61. The van der Waals surface area contributed by atoms with E-state index < -0.39 is 0 Å². The van der Waals surface area contributed by atoms with Crippen molar-refractivity contribution in [2.24, 2.45) is 0 Å². The summed E-state index contributed by atoms with van der Waals surface area (Å²) in [5, 5.41) is 4.92. The Morgan fingerprint density at radius 2 is 2.10 bits per heavy atom. The molecule has 1 unspecified atom stereocenters. The van der Waals surface area contributed by atoms with Crippen LogP contribution in [0.25, 0.3) is 11.0 Å². The highest BCUT2D eigenvalue weighted by atomic mass is 16.3. The zero-order chi connectivity index (χ0) is 14.9. The first kappa shape index (κ1) is 15.8. The molecule has 0 bridgehead atoms. The smallest absolute Gasteiger partial charge is 0.134 e. The lowest BCUT2D eigenvalue weighted by atomic mass is 9.99. The Kier molecular flexibility index (Phi) is 6.55. The zero-order valence-corrected chi connectivity index (χ0v) is 13.1. The number of rotatable bonds is 10. The van der Waals surface area contributed by atoms with Crippen LogP contribution in [0.5, 0.6) is 0 Å². The molecule has 21 heavy (non-hydrogen) atoms. The van der Waals surface area contributed by atoms with Gasteiger partial charge in [0.05, 0.1) is 6.26 Å². The van der Waals surface area contributed by atoms with Crippen LogP contribution in [0.1, 0.15) is 57.1 Å². The maximum absolute atomic E-state index is 5.70. The summed E-state index contributed by atoms with van der Waals surface area (Å²) in [6.07, 6.45) is 11.2. The molecule has 2 nitrogen and oxygen atoms in total. The number of hydrogen-bond acceptors (Lipinski definition) is 2. The summed E-state index contributed by atoms with van der Waals surface area (Å²) in [4.78, 5) is 0. The lowest BCUT2D eigenvalue weighted by molar-refractivity contribution is 0.468. The van der Waals surface area contributed by atoms with E-state index >= 15 is 0 Å². The number of benzene rings is 1. The van der Waals surface area contributed by atoms with Gasteiger partial charge in [-0.05, 0) is 38.3 Å². The fourth-order valence-electron chi connectivity index (χ4n) is 2.77. The summed E-state index contributed by atoms with van der Waals surface area (Å²) in [5.74, 6) is 0. The molecular weight excluding hydrogens is 258 g/mol. The third-order valence-electron chi connectivity index (χ3n) is 3.93. The molecule has 0 spiro atoms. The van der Waals surface area contributed by atoms with E-state index in [0.29, 0.717) is 6.04 Å². The van der Waals surface area contributed by atoms with E-state index in [-0.39, 0.29) is 0 Å². The SMILES string of the molecule is C=CCCCCCC(NCCC)c1coc2ccccc12. The quantitative estimate of drug-likeness (QED) is 0.453. The van der Waals surface area contributed by atoms with Crippen LogP contribution >= 0.6 is 0 Å². The monoisotopic (exact) mass is 285 g/mol. The van der Waals surface area contributed by atoms with Crippen LogP contribution < -0.4 is 5.32 Å². The van der Waals surface area contributed by atoms with Gasteiger partial charge < -0.3 is 9.73 Å². The lowest BCUT2D eigenvalue weighted by Crippen LogP contribution is -2.21. The molecule has 1 atom stereocenters. The minimum Gasteiger partial charge on any atom is -0.464 e. The van der Waals surface area contributed by atoms with E-state index in [1.165, 1.54) is 36.6 Å².